The van der Waals surface area contributed by atoms with Gasteiger partial charge < -0.3 is 4.90 Å². The number of hydrogen-bond donors (Lipinski definition) is 0. The summed E-state index contributed by atoms with van der Waals surface area (Å²) in [5.41, 5.74) is 15.4. The van der Waals surface area contributed by atoms with Crippen molar-refractivity contribution in [1.82, 2.24) is 9.38 Å². The third-order valence-electron chi connectivity index (χ3n) is 10.8. The van der Waals surface area contributed by atoms with E-state index in [2.05, 4.69) is 193 Å². The van der Waals surface area contributed by atoms with Crippen LogP contribution in [-0.2, 0) is 5.41 Å². The van der Waals surface area contributed by atoms with E-state index < -0.39 is 0 Å². The summed E-state index contributed by atoms with van der Waals surface area (Å²) < 4.78 is 2.31. The van der Waals surface area contributed by atoms with Gasteiger partial charge in [-0.25, -0.2) is 4.98 Å². The van der Waals surface area contributed by atoms with Crippen molar-refractivity contribution in [2.45, 2.75) is 19.3 Å². The second-order valence-corrected chi connectivity index (χ2v) is 14.1. The third kappa shape index (κ3) is 4.55. The van der Waals surface area contributed by atoms with Gasteiger partial charge in [0.2, 0.25) is 0 Å². The van der Waals surface area contributed by atoms with Crippen LogP contribution in [0.5, 0.6) is 0 Å². The van der Waals surface area contributed by atoms with Gasteiger partial charge in [0.15, 0.2) is 0 Å². The van der Waals surface area contributed by atoms with Crippen LogP contribution in [0.2, 0.25) is 0 Å². The van der Waals surface area contributed by atoms with Crippen LogP contribution in [0.15, 0.2) is 176 Å². The predicted molar refractivity (Wildman–Crippen MR) is 213 cm³/mol. The highest BCUT2D eigenvalue weighted by Gasteiger charge is 2.35. The lowest BCUT2D eigenvalue weighted by Gasteiger charge is -2.28. The maximum atomic E-state index is 4.98. The summed E-state index contributed by atoms with van der Waals surface area (Å²) in [6.07, 6.45) is 2.02. The first kappa shape index (κ1) is 29.5. The standard InChI is InChI=1S/C48H35N3/c1-48(2)43-18-10-8-15-39(43)40-29-28-37(30-44(40)48)50(35-24-20-33(21-25-35)32-12-4-3-5-13-32)36-26-22-34(23-27-36)46-31-49-47-42-17-7-6-14-38(42)41-16-9-11-19-45(41)51(46)47/h3-31H,1-2H3. The molecule has 242 valence electrons. The zero-order chi connectivity index (χ0) is 34.1. The van der Waals surface area contributed by atoms with E-state index in [0.29, 0.717) is 0 Å². The summed E-state index contributed by atoms with van der Waals surface area (Å²) in [6.45, 7) is 4.69. The number of nitrogens with zero attached hydrogens (tertiary/aromatic N) is 3. The SMILES string of the molecule is CC1(C)c2ccccc2-c2ccc(N(c3ccc(-c4ccccc4)cc3)c3ccc(-c4cnc5c6ccccc6c6ccccc6n45)cc3)cc21. The Bertz CT molecular complexity index is 2760. The summed E-state index contributed by atoms with van der Waals surface area (Å²) in [6, 6.07) is 61.5. The highest BCUT2D eigenvalue weighted by Crippen LogP contribution is 2.50. The molecule has 3 heteroatoms. The molecule has 3 nitrogen and oxygen atoms in total. The van der Waals surface area contributed by atoms with E-state index in [-0.39, 0.29) is 5.41 Å². The zero-order valence-corrected chi connectivity index (χ0v) is 28.6. The lowest BCUT2D eigenvalue weighted by molar-refractivity contribution is 0.660. The Labute approximate surface area is 297 Å². The molecule has 1 aliphatic rings. The van der Waals surface area contributed by atoms with Crippen molar-refractivity contribution < 1.29 is 0 Å². The zero-order valence-electron chi connectivity index (χ0n) is 28.6. The molecule has 0 aliphatic heterocycles. The molecule has 51 heavy (non-hydrogen) atoms. The lowest BCUT2D eigenvalue weighted by Crippen LogP contribution is -2.16. The fraction of sp³-hybridized carbons (Fsp3) is 0.0625. The van der Waals surface area contributed by atoms with E-state index in [9.17, 15) is 0 Å². The second-order valence-electron chi connectivity index (χ2n) is 14.1. The van der Waals surface area contributed by atoms with Crippen molar-refractivity contribution in [3.8, 4) is 33.5 Å². The van der Waals surface area contributed by atoms with Crippen molar-refractivity contribution in [2.24, 2.45) is 0 Å². The maximum absolute atomic E-state index is 4.98. The summed E-state index contributed by atoms with van der Waals surface area (Å²) in [5.74, 6) is 0. The molecule has 0 bridgehead atoms. The van der Waals surface area contributed by atoms with Crippen molar-refractivity contribution in [3.05, 3.63) is 187 Å². The van der Waals surface area contributed by atoms with E-state index in [1.165, 1.54) is 44.2 Å². The fourth-order valence-corrected chi connectivity index (χ4v) is 8.29. The average molecular weight is 654 g/mol. The number of para-hydroxylation sites is 1. The van der Waals surface area contributed by atoms with Crippen LogP contribution in [0.25, 0.3) is 60.8 Å². The van der Waals surface area contributed by atoms with Crippen LogP contribution in [0, 0.1) is 0 Å². The van der Waals surface area contributed by atoms with Gasteiger partial charge in [-0.1, -0.05) is 141 Å². The number of fused-ring (bicyclic) bond motifs is 9. The number of anilines is 3. The normalized spacial score (nSPS) is 13.1. The van der Waals surface area contributed by atoms with Crippen LogP contribution in [0.1, 0.15) is 25.0 Å². The van der Waals surface area contributed by atoms with E-state index in [4.69, 9.17) is 4.98 Å². The molecule has 0 radical (unpaired) electrons. The van der Waals surface area contributed by atoms with Crippen molar-refractivity contribution in [1.29, 1.82) is 0 Å². The molecule has 0 spiro atoms. The minimum absolute atomic E-state index is 0.0926. The Morgan fingerprint density at radius 1 is 0.471 bits per heavy atom. The molecule has 2 aromatic heterocycles. The first-order chi connectivity index (χ1) is 25.1. The van der Waals surface area contributed by atoms with Crippen molar-refractivity contribution >= 4 is 44.4 Å². The molecule has 0 atom stereocenters. The van der Waals surface area contributed by atoms with E-state index in [1.807, 2.05) is 6.20 Å². The molecule has 9 aromatic rings. The van der Waals surface area contributed by atoms with Gasteiger partial charge in [0.05, 0.1) is 17.4 Å². The minimum atomic E-state index is -0.0926. The minimum Gasteiger partial charge on any atom is -0.310 e. The van der Waals surface area contributed by atoms with Crippen LogP contribution >= 0.6 is 0 Å². The molecule has 0 amide bonds. The van der Waals surface area contributed by atoms with Crippen molar-refractivity contribution in [3.63, 3.8) is 0 Å². The number of rotatable bonds is 5. The highest BCUT2D eigenvalue weighted by molar-refractivity contribution is 6.12. The first-order valence-electron chi connectivity index (χ1n) is 17.6. The fourth-order valence-electron chi connectivity index (χ4n) is 8.29. The highest BCUT2D eigenvalue weighted by atomic mass is 15.1. The average Bonchev–Trinajstić information content (AvgIpc) is 3.74. The van der Waals surface area contributed by atoms with Gasteiger partial charge in [0.25, 0.3) is 0 Å². The van der Waals surface area contributed by atoms with Gasteiger partial charge in [-0.05, 0) is 81.2 Å². The molecule has 0 unspecified atom stereocenters. The monoisotopic (exact) mass is 653 g/mol. The molecule has 1 aliphatic carbocycles. The lowest BCUT2D eigenvalue weighted by atomic mass is 9.82. The number of imidazole rings is 1. The summed E-state index contributed by atoms with van der Waals surface area (Å²) in [7, 11) is 0. The number of benzene rings is 7. The predicted octanol–water partition coefficient (Wildman–Crippen LogP) is 12.8. The third-order valence-corrected chi connectivity index (χ3v) is 10.8. The molecular weight excluding hydrogens is 619 g/mol. The molecular formula is C48H35N3. The Morgan fingerprint density at radius 2 is 1.04 bits per heavy atom. The van der Waals surface area contributed by atoms with E-state index >= 15 is 0 Å². The summed E-state index contributed by atoms with van der Waals surface area (Å²) in [4.78, 5) is 7.36. The maximum Gasteiger partial charge on any atom is 0.145 e. The molecule has 10 rings (SSSR count). The van der Waals surface area contributed by atoms with E-state index in [1.54, 1.807) is 0 Å². The second kappa shape index (κ2) is 11.3. The Kier molecular flexibility index (Phi) is 6.53. The number of pyridine rings is 1. The Balaban J connectivity index is 1.11. The van der Waals surface area contributed by atoms with Crippen molar-refractivity contribution in [2.75, 3.05) is 4.90 Å². The van der Waals surface area contributed by atoms with Crippen LogP contribution in [-0.4, -0.2) is 9.38 Å². The largest absolute Gasteiger partial charge is 0.310 e. The van der Waals surface area contributed by atoms with Gasteiger partial charge in [-0.2, -0.15) is 0 Å². The molecule has 2 heterocycles. The molecule has 0 saturated carbocycles. The molecule has 0 N–H and O–H groups in total. The summed E-state index contributed by atoms with van der Waals surface area (Å²) >= 11 is 0. The van der Waals surface area contributed by atoms with Crippen LogP contribution in [0.3, 0.4) is 0 Å². The topological polar surface area (TPSA) is 20.5 Å². The molecule has 7 aromatic carbocycles. The molecule has 0 fully saturated rings. The quantitative estimate of drug-likeness (QED) is 0.172. The number of hydrogen-bond acceptors (Lipinski definition) is 2. The molecule has 0 saturated heterocycles. The van der Waals surface area contributed by atoms with Gasteiger partial charge >= 0.3 is 0 Å². The Morgan fingerprint density at radius 3 is 1.80 bits per heavy atom. The first-order valence-corrected chi connectivity index (χ1v) is 17.6. The van der Waals surface area contributed by atoms with Crippen LogP contribution in [0.4, 0.5) is 17.1 Å². The van der Waals surface area contributed by atoms with E-state index in [0.717, 1.165) is 44.9 Å². The van der Waals surface area contributed by atoms with Gasteiger partial charge in [0.1, 0.15) is 5.65 Å². The summed E-state index contributed by atoms with van der Waals surface area (Å²) in [5, 5.41) is 3.61. The van der Waals surface area contributed by atoms with Gasteiger partial charge in [0, 0.05) is 38.8 Å². The van der Waals surface area contributed by atoms with Crippen LogP contribution < -0.4 is 4.90 Å². The Hall–Kier alpha value is -6.45. The van der Waals surface area contributed by atoms with Gasteiger partial charge in [-0.3, -0.25) is 4.40 Å². The van der Waals surface area contributed by atoms with Gasteiger partial charge in [-0.15, -0.1) is 0 Å². The number of aromatic nitrogens is 2. The smallest absolute Gasteiger partial charge is 0.145 e.